The number of rotatable bonds is 6. The van der Waals surface area contributed by atoms with Gasteiger partial charge in [0, 0.05) is 6.08 Å². The van der Waals surface area contributed by atoms with Crippen molar-refractivity contribution in [1.82, 2.24) is 0 Å². The lowest BCUT2D eigenvalue weighted by atomic mass is 9.72. The minimum Gasteiger partial charge on any atom is -0.422 e. The molecule has 0 saturated heterocycles. The maximum Gasteiger partial charge on any atom is 0.339 e. The second-order valence-corrected chi connectivity index (χ2v) is 9.77. The van der Waals surface area contributed by atoms with Crippen LogP contribution in [0.5, 0.6) is 5.75 Å². The van der Waals surface area contributed by atoms with Gasteiger partial charge < -0.3 is 9.15 Å². The Morgan fingerprint density at radius 1 is 1.09 bits per heavy atom. The van der Waals surface area contributed by atoms with Crippen LogP contribution in [0.1, 0.15) is 59.4 Å². The van der Waals surface area contributed by atoms with Crippen LogP contribution in [0.4, 0.5) is 0 Å². The van der Waals surface area contributed by atoms with E-state index in [0.717, 1.165) is 16.7 Å². The number of aryl methyl sites for hydroxylation is 1. The molecule has 3 rings (SSSR count). The maximum absolute atomic E-state index is 12.4. The van der Waals surface area contributed by atoms with Gasteiger partial charge in [0.15, 0.2) is 0 Å². The normalized spacial score (nSPS) is 17.2. The SMILES string of the molecule is CC(C=CC1=C(C)CCCC1(C)C)=CC=CC(C)=CC(=O)Oc1cc(=O)oc2cc(C)ccc12. The van der Waals surface area contributed by atoms with Crippen LogP contribution in [0.25, 0.3) is 11.0 Å². The molecule has 34 heavy (non-hydrogen) atoms. The van der Waals surface area contributed by atoms with Crippen molar-refractivity contribution in [2.45, 2.75) is 60.8 Å². The summed E-state index contributed by atoms with van der Waals surface area (Å²) in [6, 6.07) is 6.59. The summed E-state index contributed by atoms with van der Waals surface area (Å²) in [5, 5.41) is 0.581. The van der Waals surface area contributed by atoms with E-state index in [1.54, 1.807) is 12.1 Å². The third-order valence-electron chi connectivity index (χ3n) is 6.19. The number of carbonyl (C=O) groups excluding carboxylic acids is 1. The Hall–Kier alpha value is -3.40. The summed E-state index contributed by atoms with van der Waals surface area (Å²) < 4.78 is 10.6. The highest BCUT2D eigenvalue weighted by atomic mass is 16.5. The third kappa shape index (κ3) is 6.57. The molecule has 0 aliphatic heterocycles. The first kappa shape index (κ1) is 25.2. The number of esters is 1. The van der Waals surface area contributed by atoms with Crippen LogP contribution in [0.3, 0.4) is 0 Å². The van der Waals surface area contributed by atoms with E-state index in [9.17, 15) is 9.59 Å². The molecule has 1 heterocycles. The Morgan fingerprint density at radius 3 is 2.59 bits per heavy atom. The number of benzene rings is 1. The van der Waals surface area contributed by atoms with E-state index >= 15 is 0 Å². The molecule has 1 aromatic heterocycles. The lowest BCUT2D eigenvalue weighted by Crippen LogP contribution is -2.19. The predicted molar refractivity (Wildman–Crippen MR) is 139 cm³/mol. The monoisotopic (exact) mass is 458 g/mol. The Balaban J connectivity index is 1.67. The Morgan fingerprint density at radius 2 is 1.85 bits per heavy atom. The molecular formula is C30H34O4. The van der Waals surface area contributed by atoms with Gasteiger partial charge in [0.05, 0.1) is 11.5 Å². The topological polar surface area (TPSA) is 56.5 Å². The second-order valence-electron chi connectivity index (χ2n) is 9.77. The summed E-state index contributed by atoms with van der Waals surface area (Å²) in [7, 11) is 0. The maximum atomic E-state index is 12.4. The first-order chi connectivity index (χ1) is 16.0. The van der Waals surface area contributed by atoms with E-state index < -0.39 is 11.6 Å². The standard InChI is InChI=1S/C30H34O4/c1-20(13-15-25-23(4)11-8-16-30(25,5)6)9-7-10-21(2)18-28(31)34-27-19-29(32)33-26-17-22(3)12-14-24(26)27/h7,9-10,12-15,17-19H,8,11,16H2,1-6H3. The number of ether oxygens (including phenoxy) is 1. The minimum absolute atomic E-state index is 0.195. The van der Waals surface area contributed by atoms with E-state index in [4.69, 9.17) is 9.15 Å². The molecule has 0 bridgehead atoms. The van der Waals surface area contributed by atoms with Gasteiger partial charge in [0.2, 0.25) is 0 Å². The quantitative estimate of drug-likeness (QED) is 0.194. The molecule has 0 saturated carbocycles. The molecule has 0 spiro atoms. The van der Waals surface area contributed by atoms with Gasteiger partial charge in [0.25, 0.3) is 0 Å². The van der Waals surface area contributed by atoms with E-state index in [0.29, 0.717) is 11.0 Å². The Bertz CT molecular complexity index is 1290. The molecule has 0 amide bonds. The Labute approximate surface area is 202 Å². The predicted octanol–water partition coefficient (Wildman–Crippen LogP) is 7.54. The fourth-order valence-corrected chi connectivity index (χ4v) is 4.33. The van der Waals surface area contributed by atoms with Gasteiger partial charge in [-0.3, -0.25) is 0 Å². The lowest BCUT2D eigenvalue weighted by Gasteiger charge is -2.32. The van der Waals surface area contributed by atoms with Gasteiger partial charge in [-0.05, 0) is 81.2 Å². The summed E-state index contributed by atoms with van der Waals surface area (Å²) in [4.78, 5) is 24.2. The molecule has 0 unspecified atom stereocenters. The zero-order valence-electron chi connectivity index (χ0n) is 21.0. The number of carbonyl (C=O) groups is 1. The van der Waals surface area contributed by atoms with Gasteiger partial charge in [-0.15, -0.1) is 0 Å². The van der Waals surface area contributed by atoms with Crippen LogP contribution in [0.15, 0.2) is 92.2 Å². The van der Waals surface area contributed by atoms with E-state index in [1.165, 1.54) is 42.6 Å². The first-order valence-corrected chi connectivity index (χ1v) is 11.7. The molecule has 4 heteroatoms. The van der Waals surface area contributed by atoms with E-state index in [-0.39, 0.29) is 11.2 Å². The zero-order chi connectivity index (χ0) is 24.9. The third-order valence-corrected chi connectivity index (χ3v) is 6.19. The fourth-order valence-electron chi connectivity index (χ4n) is 4.33. The second kappa shape index (κ2) is 10.7. The van der Waals surface area contributed by atoms with Gasteiger partial charge in [0.1, 0.15) is 11.3 Å². The average molecular weight is 459 g/mol. The molecule has 1 aliphatic carbocycles. The highest BCUT2D eigenvalue weighted by molar-refractivity contribution is 5.90. The summed E-state index contributed by atoms with van der Waals surface area (Å²) in [5.74, 6) is -0.349. The first-order valence-electron chi connectivity index (χ1n) is 11.7. The van der Waals surface area contributed by atoms with Gasteiger partial charge in [-0.2, -0.15) is 0 Å². The number of fused-ring (bicyclic) bond motifs is 1. The molecule has 1 aliphatic rings. The molecule has 2 aromatic rings. The number of hydrogen-bond acceptors (Lipinski definition) is 4. The van der Waals surface area contributed by atoms with Crippen LogP contribution in [0.2, 0.25) is 0 Å². The zero-order valence-corrected chi connectivity index (χ0v) is 21.0. The molecule has 178 valence electrons. The minimum atomic E-state index is -0.558. The van der Waals surface area contributed by atoms with Crippen molar-refractivity contribution < 1.29 is 13.9 Å². The van der Waals surface area contributed by atoms with Crippen LogP contribution in [0, 0.1) is 12.3 Å². The summed E-state index contributed by atoms with van der Waals surface area (Å²) in [5.41, 5.74) is 5.80. The summed E-state index contributed by atoms with van der Waals surface area (Å²) >= 11 is 0. The number of hydrogen-bond donors (Lipinski definition) is 0. The highest BCUT2D eigenvalue weighted by Crippen LogP contribution is 2.40. The number of allylic oxidation sites excluding steroid dienone is 9. The smallest absolute Gasteiger partial charge is 0.339 e. The van der Waals surface area contributed by atoms with E-state index in [2.05, 4.69) is 39.8 Å². The van der Waals surface area contributed by atoms with Crippen LogP contribution < -0.4 is 10.4 Å². The van der Waals surface area contributed by atoms with Crippen LogP contribution >= 0.6 is 0 Å². The van der Waals surface area contributed by atoms with Crippen molar-refractivity contribution in [3.63, 3.8) is 0 Å². The molecular weight excluding hydrogens is 424 g/mol. The molecule has 1 aromatic carbocycles. The van der Waals surface area contributed by atoms with Gasteiger partial charge in [-0.1, -0.05) is 61.4 Å². The van der Waals surface area contributed by atoms with Gasteiger partial charge >= 0.3 is 11.6 Å². The summed E-state index contributed by atoms with van der Waals surface area (Å²) in [6.07, 6.45) is 15.2. The largest absolute Gasteiger partial charge is 0.422 e. The average Bonchev–Trinajstić information content (AvgIpc) is 2.72. The molecule has 0 N–H and O–H groups in total. The molecule has 0 radical (unpaired) electrons. The van der Waals surface area contributed by atoms with Gasteiger partial charge in [-0.25, -0.2) is 9.59 Å². The van der Waals surface area contributed by atoms with Crippen LogP contribution in [-0.4, -0.2) is 5.97 Å². The Kier molecular flexibility index (Phi) is 7.93. The molecule has 4 nitrogen and oxygen atoms in total. The molecule has 0 atom stereocenters. The van der Waals surface area contributed by atoms with Crippen molar-refractivity contribution in [3.8, 4) is 5.75 Å². The molecule has 0 fully saturated rings. The van der Waals surface area contributed by atoms with Crippen molar-refractivity contribution >= 4 is 16.9 Å². The van der Waals surface area contributed by atoms with Crippen molar-refractivity contribution in [2.75, 3.05) is 0 Å². The van der Waals surface area contributed by atoms with Crippen molar-refractivity contribution in [3.05, 3.63) is 99.0 Å². The van der Waals surface area contributed by atoms with Crippen molar-refractivity contribution in [2.24, 2.45) is 5.41 Å². The fraction of sp³-hybridized carbons (Fsp3) is 0.333. The van der Waals surface area contributed by atoms with Crippen LogP contribution in [-0.2, 0) is 4.79 Å². The summed E-state index contributed by atoms with van der Waals surface area (Å²) in [6.45, 7) is 12.7. The lowest BCUT2D eigenvalue weighted by molar-refractivity contribution is -0.128. The van der Waals surface area contributed by atoms with Crippen molar-refractivity contribution in [1.29, 1.82) is 0 Å². The van der Waals surface area contributed by atoms with E-state index in [1.807, 2.05) is 38.1 Å². The highest BCUT2D eigenvalue weighted by Gasteiger charge is 2.26.